The van der Waals surface area contributed by atoms with Gasteiger partial charge in [-0.1, -0.05) is 11.2 Å². The number of anilines is 1. The van der Waals surface area contributed by atoms with Crippen molar-refractivity contribution in [2.45, 2.75) is 31.4 Å². The van der Waals surface area contributed by atoms with Crippen LogP contribution in [0.3, 0.4) is 0 Å². The molecule has 3 aromatic rings. The van der Waals surface area contributed by atoms with Gasteiger partial charge in [-0.15, -0.1) is 0 Å². The van der Waals surface area contributed by atoms with Crippen molar-refractivity contribution in [3.63, 3.8) is 0 Å². The molecule has 4 rings (SSSR count). The number of rotatable bonds is 4. The number of carbonyl (C=O) groups excluding carboxylic acids is 1. The first-order chi connectivity index (χ1) is 13.8. The van der Waals surface area contributed by atoms with E-state index < -0.39 is 17.6 Å². The Hall–Kier alpha value is -3.23. The monoisotopic (exact) mass is 405 g/mol. The lowest BCUT2D eigenvalue weighted by Crippen LogP contribution is -2.14. The number of halogens is 4. The molecule has 1 aliphatic carbocycles. The van der Waals surface area contributed by atoms with E-state index in [2.05, 4.69) is 20.0 Å². The Bertz CT molecular complexity index is 1050. The molecule has 0 fully saturated rings. The molecule has 1 unspecified atom stereocenters. The zero-order chi connectivity index (χ0) is 20.6. The first-order valence-corrected chi connectivity index (χ1v) is 8.87. The molecule has 1 aliphatic rings. The Labute approximate surface area is 162 Å². The van der Waals surface area contributed by atoms with E-state index in [0.717, 1.165) is 23.3 Å². The fourth-order valence-corrected chi connectivity index (χ4v) is 3.68. The average Bonchev–Trinajstić information content (AvgIpc) is 3.30. The van der Waals surface area contributed by atoms with Gasteiger partial charge in [0.2, 0.25) is 5.91 Å². The zero-order valence-corrected chi connectivity index (χ0v) is 15.0. The molecule has 2 heterocycles. The van der Waals surface area contributed by atoms with Crippen molar-refractivity contribution in [3.8, 4) is 11.1 Å². The molecule has 0 aliphatic heterocycles. The molecule has 1 amide bonds. The van der Waals surface area contributed by atoms with Crippen LogP contribution in [0.15, 0.2) is 47.4 Å². The number of hydrogen-bond donors (Lipinski definition) is 1. The van der Waals surface area contributed by atoms with Crippen molar-refractivity contribution < 1.29 is 26.9 Å². The second-order valence-corrected chi connectivity index (χ2v) is 6.82. The summed E-state index contributed by atoms with van der Waals surface area (Å²) in [6, 6.07) is 4.39. The quantitative estimate of drug-likeness (QED) is 0.624. The van der Waals surface area contributed by atoms with Gasteiger partial charge in [0.1, 0.15) is 12.1 Å². The normalized spacial score (nSPS) is 15.9. The van der Waals surface area contributed by atoms with E-state index in [9.17, 15) is 22.4 Å². The Morgan fingerprint density at radius 2 is 2.07 bits per heavy atom. The van der Waals surface area contributed by atoms with E-state index in [-0.39, 0.29) is 18.2 Å². The molecule has 150 valence electrons. The molecule has 0 bridgehead atoms. The summed E-state index contributed by atoms with van der Waals surface area (Å²) in [5.74, 6) is -1.33. The minimum absolute atomic E-state index is 0.0938. The summed E-state index contributed by atoms with van der Waals surface area (Å²) < 4.78 is 57.1. The van der Waals surface area contributed by atoms with E-state index in [0.29, 0.717) is 29.8 Å². The molecule has 0 radical (unpaired) electrons. The third kappa shape index (κ3) is 3.85. The number of alkyl halides is 3. The summed E-state index contributed by atoms with van der Waals surface area (Å²) in [5, 5.41) is 6.26. The van der Waals surface area contributed by atoms with Crippen molar-refractivity contribution in [1.29, 1.82) is 0 Å². The third-order valence-corrected chi connectivity index (χ3v) is 5.00. The maximum Gasteiger partial charge on any atom is 0.419 e. The largest absolute Gasteiger partial charge is 0.419 e. The number of aromatic nitrogens is 2. The van der Waals surface area contributed by atoms with Gasteiger partial charge in [0.25, 0.3) is 0 Å². The van der Waals surface area contributed by atoms with Crippen LogP contribution in [0.4, 0.5) is 23.4 Å². The molecule has 1 atom stereocenters. The number of carbonyl (C=O) groups is 1. The molecule has 2 aromatic heterocycles. The molecule has 1 aromatic carbocycles. The number of fused-ring (bicyclic) bond motifs is 1. The second-order valence-electron chi connectivity index (χ2n) is 6.82. The van der Waals surface area contributed by atoms with Gasteiger partial charge in [-0.05, 0) is 47.6 Å². The van der Waals surface area contributed by atoms with E-state index >= 15 is 0 Å². The molecular formula is C20H15F4N3O2. The lowest BCUT2D eigenvalue weighted by atomic mass is 9.95. The molecule has 9 heteroatoms. The SMILES string of the molecule is O=C(CC1CCc2c(-c3ccc(C(F)(F)F)c(F)c3)cncc21)Nc1ccon1. The smallest absolute Gasteiger partial charge is 0.363 e. The summed E-state index contributed by atoms with van der Waals surface area (Å²) in [6.45, 7) is 0. The fraction of sp³-hybridized carbons (Fsp3) is 0.250. The summed E-state index contributed by atoms with van der Waals surface area (Å²) in [7, 11) is 0. The Kier molecular flexibility index (Phi) is 4.81. The van der Waals surface area contributed by atoms with Crippen LogP contribution in [0.1, 0.15) is 35.4 Å². The molecule has 0 saturated carbocycles. The van der Waals surface area contributed by atoms with Gasteiger partial charge in [-0.2, -0.15) is 13.2 Å². The van der Waals surface area contributed by atoms with E-state index in [1.54, 1.807) is 6.20 Å². The number of benzene rings is 1. The van der Waals surface area contributed by atoms with Crippen LogP contribution in [0, 0.1) is 5.82 Å². The van der Waals surface area contributed by atoms with Crippen LogP contribution < -0.4 is 5.32 Å². The highest BCUT2D eigenvalue weighted by Gasteiger charge is 2.34. The van der Waals surface area contributed by atoms with Gasteiger partial charge in [0, 0.05) is 30.4 Å². The van der Waals surface area contributed by atoms with Crippen molar-refractivity contribution >= 4 is 11.7 Å². The Morgan fingerprint density at radius 3 is 2.76 bits per heavy atom. The molecule has 0 saturated heterocycles. The number of nitrogens with one attached hydrogen (secondary N) is 1. The lowest BCUT2D eigenvalue weighted by Gasteiger charge is -2.13. The highest BCUT2D eigenvalue weighted by atomic mass is 19.4. The standard InChI is InChI=1S/C20H15F4N3O2/c21-17-7-11(2-4-16(17)20(22,23)24)14-9-25-10-15-12(1-3-13(14)15)8-19(28)26-18-5-6-29-27-18/h2,4-7,9-10,12H,1,3,8H2,(H,26,27,28). The predicted octanol–water partition coefficient (Wildman–Crippen LogP) is 4.95. The van der Waals surface area contributed by atoms with Crippen molar-refractivity contribution in [1.82, 2.24) is 10.1 Å². The highest BCUT2D eigenvalue weighted by Crippen LogP contribution is 2.41. The minimum atomic E-state index is -4.75. The molecule has 29 heavy (non-hydrogen) atoms. The van der Waals surface area contributed by atoms with E-state index in [1.807, 2.05) is 0 Å². The van der Waals surface area contributed by atoms with Crippen LogP contribution >= 0.6 is 0 Å². The van der Waals surface area contributed by atoms with Gasteiger partial charge in [0.15, 0.2) is 5.82 Å². The average molecular weight is 405 g/mol. The number of pyridine rings is 1. The van der Waals surface area contributed by atoms with Crippen molar-refractivity contribution in [3.05, 3.63) is 65.4 Å². The van der Waals surface area contributed by atoms with Crippen molar-refractivity contribution in [2.24, 2.45) is 0 Å². The fourth-order valence-electron chi connectivity index (χ4n) is 3.68. The van der Waals surface area contributed by atoms with Gasteiger partial charge in [-0.3, -0.25) is 9.78 Å². The first-order valence-electron chi connectivity index (χ1n) is 8.87. The summed E-state index contributed by atoms with van der Waals surface area (Å²) in [6.07, 6.45) is 1.27. The minimum Gasteiger partial charge on any atom is -0.363 e. The van der Waals surface area contributed by atoms with Gasteiger partial charge >= 0.3 is 6.18 Å². The topological polar surface area (TPSA) is 68.0 Å². The van der Waals surface area contributed by atoms with Gasteiger partial charge in [-0.25, -0.2) is 4.39 Å². The Morgan fingerprint density at radius 1 is 1.24 bits per heavy atom. The summed E-state index contributed by atoms with van der Waals surface area (Å²) in [4.78, 5) is 16.4. The van der Waals surface area contributed by atoms with E-state index in [1.165, 1.54) is 24.6 Å². The van der Waals surface area contributed by atoms with Crippen LogP contribution in [0.25, 0.3) is 11.1 Å². The summed E-state index contributed by atoms with van der Waals surface area (Å²) >= 11 is 0. The highest BCUT2D eigenvalue weighted by molar-refractivity contribution is 5.90. The predicted molar refractivity (Wildman–Crippen MR) is 95.4 cm³/mol. The molecule has 0 spiro atoms. The zero-order valence-electron chi connectivity index (χ0n) is 15.0. The van der Waals surface area contributed by atoms with Crippen molar-refractivity contribution in [2.75, 3.05) is 5.32 Å². The number of hydrogen-bond acceptors (Lipinski definition) is 4. The van der Waals surface area contributed by atoms with Gasteiger partial charge in [0.05, 0.1) is 5.56 Å². The maximum atomic E-state index is 14.0. The van der Waals surface area contributed by atoms with Crippen LogP contribution in [-0.2, 0) is 17.4 Å². The lowest BCUT2D eigenvalue weighted by molar-refractivity contribution is -0.140. The molecular weight excluding hydrogens is 390 g/mol. The van der Waals surface area contributed by atoms with E-state index in [4.69, 9.17) is 0 Å². The summed E-state index contributed by atoms with van der Waals surface area (Å²) in [5.41, 5.74) is 1.32. The molecule has 1 N–H and O–H groups in total. The number of amides is 1. The first kappa shape index (κ1) is 19.1. The molecule has 5 nitrogen and oxygen atoms in total. The Balaban J connectivity index is 1.58. The third-order valence-electron chi connectivity index (χ3n) is 5.00. The second kappa shape index (κ2) is 7.31. The van der Waals surface area contributed by atoms with Crippen LogP contribution in [0.5, 0.6) is 0 Å². The number of nitrogens with zero attached hydrogens (tertiary/aromatic N) is 2. The maximum absolute atomic E-state index is 14.0. The van der Waals surface area contributed by atoms with Crippen LogP contribution in [-0.4, -0.2) is 16.0 Å². The van der Waals surface area contributed by atoms with Gasteiger partial charge < -0.3 is 9.84 Å². The van der Waals surface area contributed by atoms with Crippen LogP contribution in [0.2, 0.25) is 0 Å².